The molecule has 0 saturated heterocycles. The molecule has 7 heteroatoms. The van der Waals surface area contributed by atoms with Crippen LogP contribution in [0.2, 0.25) is 0 Å². The summed E-state index contributed by atoms with van der Waals surface area (Å²) in [6.45, 7) is 0. The molecule has 0 aliphatic rings. The molecule has 1 aromatic carbocycles. The average molecular weight is 273 g/mol. The first-order valence-electron chi connectivity index (χ1n) is 5.35. The van der Waals surface area contributed by atoms with Gasteiger partial charge in [0.2, 0.25) is 0 Å². The Morgan fingerprint density at radius 3 is 2.22 bits per heavy atom. The molecule has 0 aliphatic heterocycles. The van der Waals surface area contributed by atoms with E-state index in [4.69, 9.17) is 4.55 Å². The van der Waals surface area contributed by atoms with Gasteiger partial charge in [-0.05, 0) is 17.5 Å². The normalized spacial score (nSPS) is 13.2. The van der Waals surface area contributed by atoms with Crippen LogP contribution in [0.3, 0.4) is 0 Å². The summed E-state index contributed by atoms with van der Waals surface area (Å²) >= 11 is 0. The van der Waals surface area contributed by atoms with E-state index in [2.05, 4.69) is 5.73 Å². The number of carboxylic acids is 1. The third-order valence-electron chi connectivity index (χ3n) is 2.49. The van der Waals surface area contributed by atoms with Crippen molar-refractivity contribution in [2.24, 2.45) is 0 Å². The van der Waals surface area contributed by atoms with Gasteiger partial charge in [0.1, 0.15) is 6.04 Å². The number of carbonyl (C=O) groups is 1. The van der Waals surface area contributed by atoms with E-state index in [1.807, 2.05) is 0 Å². The predicted molar refractivity (Wildman–Crippen MR) is 61.9 cm³/mol. The van der Waals surface area contributed by atoms with E-state index in [1.165, 1.54) is 0 Å². The van der Waals surface area contributed by atoms with Gasteiger partial charge in [0.15, 0.2) is 0 Å². The molecule has 0 saturated carbocycles. The Labute approximate surface area is 105 Å². The molecular formula is C11H15NO5S. The second-order valence-corrected chi connectivity index (χ2v) is 5.64. The SMILES string of the molecule is [NH3+]C(Cc1ccc(CCS(=O)(=O)O)cc1)C(=O)[O-]. The number of aliphatic carboxylic acids is 1. The predicted octanol–water partition coefficient (Wildman–Crippen LogP) is -1.98. The van der Waals surface area contributed by atoms with Crippen LogP contribution in [0.1, 0.15) is 11.1 Å². The molecule has 0 aliphatic carbocycles. The maximum atomic E-state index is 10.6. The molecule has 0 heterocycles. The highest BCUT2D eigenvalue weighted by Gasteiger charge is 2.09. The van der Waals surface area contributed by atoms with Crippen LogP contribution < -0.4 is 10.8 Å². The molecule has 0 aromatic heterocycles. The Balaban J connectivity index is 2.60. The van der Waals surface area contributed by atoms with Crippen molar-refractivity contribution >= 4 is 16.1 Å². The molecular weight excluding hydrogens is 258 g/mol. The van der Waals surface area contributed by atoms with E-state index in [1.54, 1.807) is 24.3 Å². The third kappa shape index (κ3) is 5.26. The lowest BCUT2D eigenvalue weighted by Crippen LogP contribution is -2.69. The molecule has 0 bridgehead atoms. The van der Waals surface area contributed by atoms with Crippen LogP contribution in [0.25, 0.3) is 0 Å². The lowest BCUT2D eigenvalue weighted by atomic mass is 10.0. The van der Waals surface area contributed by atoms with Gasteiger partial charge < -0.3 is 15.6 Å². The molecule has 18 heavy (non-hydrogen) atoms. The van der Waals surface area contributed by atoms with E-state index >= 15 is 0 Å². The number of aryl methyl sites for hydroxylation is 1. The van der Waals surface area contributed by atoms with Crippen LogP contribution in [0.15, 0.2) is 24.3 Å². The molecule has 0 spiro atoms. The van der Waals surface area contributed by atoms with Gasteiger partial charge in [-0.25, -0.2) is 0 Å². The van der Waals surface area contributed by atoms with E-state index in [0.29, 0.717) is 0 Å². The number of hydrogen-bond donors (Lipinski definition) is 2. The molecule has 0 radical (unpaired) electrons. The zero-order chi connectivity index (χ0) is 13.8. The van der Waals surface area contributed by atoms with Crippen LogP contribution in [-0.4, -0.2) is 30.7 Å². The lowest BCUT2D eigenvalue weighted by Gasteiger charge is -2.09. The molecule has 0 amide bonds. The molecule has 6 nitrogen and oxygen atoms in total. The number of benzene rings is 1. The summed E-state index contributed by atoms with van der Waals surface area (Å²) in [5, 5.41) is 10.5. The number of carbonyl (C=O) groups excluding carboxylic acids is 1. The van der Waals surface area contributed by atoms with Crippen molar-refractivity contribution < 1.29 is 28.6 Å². The second-order valence-electron chi connectivity index (χ2n) is 4.07. The summed E-state index contributed by atoms with van der Waals surface area (Å²) in [6.07, 6.45) is 0.480. The summed E-state index contributed by atoms with van der Waals surface area (Å²) < 4.78 is 29.7. The first-order chi connectivity index (χ1) is 8.28. The van der Waals surface area contributed by atoms with Gasteiger partial charge in [-0.2, -0.15) is 8.42 Å². The quantitative estimate of drug-likeness (QED) is 0.581. The van der Waals surface area contributed by atoms with Crippen molar-refractivity contribution in [1.29, 1.82) is 0 Å². The van der Waals surface area contributed by atoms with Gasteiger partial charge >= 0.3 is 0 Å². The Kier molecular flexibility index (Phi) is 4.83. The number of carboxylic acid groups (broad SMARTS) is 1. The van der Waals surface area contributed by atoms with E-state index in [0.717, 1.165) is 11.1 Å². The standard InChI is InChI=1S/C11H15NO5S/c12-10(11(13)14)7-9-3-1-8(2-4-9)5-6-18(15,16)17/h1-4,10H,5-7,12H2,(H,13,14)(H,15,16,17). The first kappa shape index (κ1) is 14.6. The van der Waals surface area contributed by atoms with E-state index in [9.17, 15) is 18.3 Å². The Morgan fingerprint density at radius 2 is 1.78 bits per heavy atom. The molecule has 100 valence electrons. The summed E-state index contributed by atoms with van der Waals surface area (Å²) in [7, 11) is -3.96. The van der Waals surface area contributed by atoms with Gasteiger partial charge in [-0.15, -0.1) is 0 Å². The average Bonchev–Trinajstić information content (AvgIpc) is 2.27. The van der Waals surface area contributed by atoms with Crippen LogP contribution >= 0.6 is 0 Å². The number of quaternary nitrogens is 1. The zero-order valence-electron chi connectivity index (χ0n) is 9.70. The maximum absolute atomic E-state index is 10.6. The van der Waals surface area contributed by atoms with Crippen LogP contribution in [0.4, 0.5) is 0 Å². The van der Waals surface area contributed by atoms with Crippen LogP contribution in [-0.2, 0) is 27.8 Å². The smallest absolute Gasteiger partial charge is 0.265 e. The minimum atomic E-state index is -3.96. The van der Waals surface area contributed by atoms with Gasteiger partial charge in [0, 0.05) is 6.42 Å². The van der Waals surface area contributed by atoms with E-state index < -0.39 is 22.1 Å². The molecule has 0 fully saturated rings. The van der Waals surface area contributed by atoms with Crippen molar-refractivity contribution in [1.82, 2.24) is 0 Å². The maximum Gasteiger partial charge on any atom is 0.265 e. The Bertz CT molecular complexity index is 509. The van der Waals surface area contributed by atoms with Crippen molar-refractivity contribution in [3.8, 4) is 0 Å². The Morgan fingerprint density at radius 1 is 1.28 bits per heavy atom. The highest BCUT2D eigenvalue weighted by molar-refractivity contribution is 7.85. The minimum Gasteiger partial charge on any atom is -0.544 e. The first-order valence-corrected chi connectivity index (χ1v) is 6.96. The summed E-state index contributed by atoms with van der Waals surface area (Å²) in [5.74, 6) is -1.53. The topological polar surface area (TPSA) is 122 Å². The van der Waals surface area contributed by atoms with E-state index in [-0.39, 0.29) is 18.6 Å². The fourth-order valence-electron chi connectivity index (χ4n) is 1.46. The second kappa shape index (κ2) is 5.94. The molecule has 1 unspecified atom stereocenters. The zero-order valence-corrected chi connectivity index (χ0v) is 10.5. The summed E-state index contributed by atoms with van der Waals surface area (Å²) in [4.78, 5) is 10.5. The van der Waals surface area contributed by atoms with Gasteiger partial charge in [-0.1, -0.05) is 24.3 Å². The highest BCUT2D eigenvalue weighted by atomic mass is 32.2. The number of rotatable bonds is 6. The molecule has 1 atom stereocenters. The largest absolute Gasteiger partial charge is 0.544 e. The van der Waals surface area contributed by atoms with Crippen LogP contribution in [0, 0.1) is 0 Å². The van der Waals surface area contributed by atoms with Crippen molar-refractivity contribution in [2.45, 2.75) is 18.9 Å². The Hall–Kier alpha value is -1.44. The fourth-order valence-corrected chi connectivity index (χ4v) is 1.95. The van der Waals surface area contributed by atoms with Gasteiger partial charge in [0.05, 0.1) is 11.7 Å². The van der Waals surface area contributed by atoms with Gasteiger partial charge in [-0.3, -0.25) is 4.55 Å². The molecule has 1 rings (SSSR count). The summed E-state index contributed by atoms with van der Waals surface area (Å²) in [6, 6.07) is 6.00. The number of hydrogen-bond acceptors (Lipinski definition) is 4. The summed E-state index contributed by atoms with van der Waals surface area (Å²) in [5.41, 5.74) is 4.99. The van der Waals surface area contributed by atoms with Crippen molar-refractivity contribution in [3.63, 3.8) is 0 Å². The lowest BCUT2D eigenvalue weighted by molar-refractivity contribution is -0.437. The molecule has 4 N–H and O–H groups in total. The fraction of sp³-hybridized carbons (Fsp3) is 0.364. The molecule has 1 aromatic rings. The van der Waals surface area contributed by atoms with Crippen molar-refractivity contribution in [2.75, 3.05) is 5.75 Å². The van der Waals surface area contributed by atoms with Crippen LogP contribution in [0.5, 0.6) is 0 Å². The van der Waals surface area contributed by atoms with Gasteiger partial charge in [0.25, 0.3) is 10.1 Å². The third-order valence-corrected chi connectivity index (χ3v) is 3.21. The van der Waals surface area contributed by atoms with Crippen molar-refractivity contribution in [3.05, 3.63) is 35.4 Å². The monoisotopic (exact) mass is 273 g/mol. The minimum absolute atomic E-state index is 0.216. The highest BCUT2D eigenvalue weighted by Crippen LogP contribution is 2.07.